The van der Waals surface area contributed by atoms with Gasteiger partial charge in [0.1, 0.15) is 16.5 Å². The van der Waals surface area contributed by atoms with Crippen molar-refractivity contribution in [2.45, 2.75) is 0 Å². The molecule has 0 unspecified atom stereocenters. The molecule has 20 heavy (non-hydrogen) atoms. The lowest BCUT2D eigenvalue weighted by molar-refractivity contribution is 0.449. The van der Waals surface area contributed by atoms with Crippen molar-refractivity contribution < 1.29 is 4.74 Å². The van der Waals surface area contributed by atoms with Crippen LogP contribution in [0.25, 0.3) is 0 Å². The van der Waals surface area contributed by atoms with Gasteiger partial charge in [-0.25, -0.2) is 4.98 Å². The summed E-state index contributed by atoms with van der Waals surface area (Å²) < 4.78 is 5.59. The van der Waals surface area contributed by atoms with E-state index in [2.05, 4.69) is 20.6 Å². The minimum absolute atomic E-state index is 0.258. The van der Waals surface area contributed by atoms with E-state index in [-0.39, 0.29) is 11.6 Å². The van der Waals surface area contributed by atoms with Crippen LogP contribution >= 0.6 is 11.6 Å². The zero-order valence-corrected chi connectivity index (χ0v) is 11.4. The topological polar surface area (TPSA) is 108 Å². The second-order valence-electron chi connectivity index (χ2n) is 3.71. The van der Waals surface area contributed by atoms with E-state index in [1.807, 2.05) is 0 Å². The van der Waals surface area contributed by atoms with Gasteiger partial charge in [0, 0.05) is 19.4 Å². The molecule has 104 valence electrons. The van der Waals surface area contributed by atoms with Crippen molar-refractivity contribution in [3.63, 3.8) is 0 Å². The number of nitrogen functional groups attached to an aromatic ring is 1. The molecule has 5 N–H and O–H groups in total. The van der Waals surface area contributed by atoms with Crippen LogP contribution in [0.1, 0.15) is 0 Å². The fourth-order valence-corrected chi connectivity index (χ4v) is 1.81. The smallest absolute Gasteiger partial charge is 0.170 e. The minimum Gasteiger partial charge on any atom is -0.450 e. The standard InChI is InChI=1S/C12H13ClN6O/c1-16-11-10(13)9(6-19-12(11)15)20-8(4-14)7-5-17-2-3-18-7/h2-6,14,16,18H,1H3,(H2,15,19)/b8-7+,14-4?. The highest BCUT2D eigenvalue weighted by Crippen LogP contribution is 2.35. The van der Waals surface area contributed by atoms with Crippen LogP contribution in [-0.4, -0.2) is 24.5 Å². The lowest BCUT2D eigenvalue weighted by atomic mass is 10.3. The second kappa shape index (κ2) is 6.07. The van der Waals surface area contributed by atoms with Crippen LogP contribution in [0, 0.1) is 5.41 Å². The third-order valence-corrected chi connectivity index (χ3v) is 2.86. The highest BCUT2D eigenvalue weighted by Gasteiger charge is 2.14. The molecule has 0 radical (unpaired) electrons. The average Bonchev–Trinajstić information content (AvgIpc) is 2.48. The summed E-state index contributed by atoms with van der Waals surface area (Å²) in [6, 6.07) is 0. The minimum atomic E-state index is 0.258. The summed E-state index contributed by atoms with van der Waals surface area (Å²) in [5.41, 5.74) is 6.71. The van der Waals surface area contributed by atoms with Crippen molar-refractivity contribution in [1.82, 2.24) is 10.3 Å². The van der Waals surface area contributed by atoms with Gasteiger partial charge >= 0.3 is 0 Å². The zero-order valence-electron chi connectivity index (χ0n) is 10.6. The third kappa shape index (κ3) is 2.72. The largest absolute Gasteiger partial charge is 0.450 e. The van der Waals surface area contributed by atoms with Gasteiger partial charge in [-0.2, -0.15) is 0 Å². The van der Waals surface area contributed by atoms with Gasteiger partial charge in [-0.05, 0) is 0 Å². The number of anilines is 2. The Morgan fingerprint density at radius 2 is 2.40 bits per heavy atom. The molecule has 0 atom stereocenters. The summed E-state index contributed by atoms with van der Waals surface area (Å²) in [5.74, 6) is 0.823. The average molecular weight is 293 g/mol. The van der Waals surface area contributed by atoms with Gasteiger partial charge in [-0.3, -0.25) is 4.99 Å². The van der Waals surface area contributed by atoms with E-state index in [4.69, 9.17) is 27.5 Å². The molecular weight excluding hydrogens is 280 g/mol. The number of hydrogen-bond donors (Lipinski definition) is 4. The van der Waals surface area contributed by atoms with Crippen molar-refractivity contribution in [3.05, 3.63) is 35.1 Å². The fraction of sp³-hybridized carbons (Fsp3) is 0.0833. The van der Waals surface area contributed by atoms with E-state index in [0.29, 0.717) is 22.2 Å². The van der Waals surface area contributed by atoms with Crippen LogP contribution < -0.4 is 21.1 Å². The molecule has 0 aromatic carbocycles. The molecular formula is C12H13ClN6O. The molecule has 1 aromatic rings. The van der Waals surface area contributed by atoms with E-state index < -0.39 is 0 Å². The van der Waals surface area contributed by atoms with Gasteiger partial charge < -0.3 is 26.5 Å². The fourth-order valence-electron chi connectivity index (χ4n) is 1.53. The van der Waals surface area contributed by atoms with E-state index in [1.54, 1.807) is 19.4 Å². The van der Waals surface area contributed by atoms with E-state index in [0.717, 1.165) is 6.21 Å². The molecule has 2 rings (SSSR count). The van der Waals surface area contributed by atoms with Crippen LogP contribution in [0.4, 0.5) is 11.5 Å². The first-order valence-corrected chi connectivity index (χ1v) is 6.04. The van der Waals surface area contributed by atoms with Crippen LogP contribution in [0.15, 0.2) is 35.0 Å². The highest BCUT2D eigenvalue weighted by atomic mass is 35.5. The molecule has 0 aliphatic carbocycles. The van der Waals surface area contributed by atoms with Gasteiger partial charge in [0.15, 0.2) is 11.5 Å². The number of halogens is 1. The summed E-state index contributed by atoms with van der Waals surface area (Å²) in [6.45, 7) is 0. The lowest BCUT2D eigenvalue weighted by Gasteiger charge is -2.14. The van der Waals surface area contributed by atoms with Crippen molar-refractivity contribution in [1.29, 1.82) is 5.41 Å². The van der Waals surface area contributed by atoms with Crippen LogP contribution in [-0.2, 0) is 0 Å². The summed E-state index contributed by atoms with van der Waals surface area (Å²) in [4.78, 5) is 7.93. The van der Waals surface area contributed by atoms with Crippen molar-refractivity contribution in [2.24, 2.45) is 4.99 Å². The Morgan fingerprint density at radius 1 is 1.60 bits per heavy atom. The van der Waals surface area contributed by atoms with Gasteiger partial charge in [-0.1, -0.05) is 11.6 Å². The molecule has 0 saturated heterocycles. The number of nitrogens with two attached hydrogens (primary N) is 1. The van der Waals surface area contributed by atoms with Gasteiger partial charge in [0.25, 0.3) is 0 Å². The van der Waals surface area contributed by atoms with Crippen molar-refractivity contribution >= 4 is 35.5 Å². The van der Waals surface area contributed by atoms with Gasteiger partial charge in [-0.15, -0.1) is 0 Å². The molecule has 0 spiro atoms. The molecule has 1 aromatic heterocycles. The number of allylic oxidation sites excluding steroid dienone is 2. The van der Waals surface area contributed by atoms with Crippen LogP contribution in [0.2, 0.25) is 5.02 Å². The number of aromatic nitrogens is 1. The van der Waals surface area contributed by atoms with Crippen molar-refractivity contribution in [3.8, 4) is 5.75 Å². The summed E-state index contributed by atoms with van der Waals surface area (Å²) in [6.07, 6.45) is 7.21. The molecule has 0 saturated carbocycles. The molecule has 0 amide bonds. The maximum atomic E-state index is 7.42. The number of nitrogens with zero attached hydrogens (tertiary/aromatic N) is 2. The molecule has 0 bridgehead atoms. The first-order chi connectivity index (χ1) is 9.67. The number of ether oxygens (including phenoxy) is 1. The van der Waals surface area contributed by atoms with Gasteiger partial charge in [0.2, 0.25) is 0 Å². The molecule has 7 nitrogen and oxygen atoms in total. The summed E-state index contributed by atoms with van der Waals surface area (Å²) >= 11 is 6.18. The Labute approximate surface area is 120 Å². The second-order valence-corrected chi connectivity index (χ2v) is 4.09. The Kier molecular flexibility index (Phi) is 4.21. The predicted molar refractivity (Wildman–Crippen MR) is 80.4 cm³/mol. The number of pyridine rings is 1. The number of hydrogen-bond acceptors (Lipinski definition) is 7. The molecule has 1 aliphatic heterocycles. The first kappa shape index (κ1) is 13.9. The first-order valence-electron chi connectivity index (χ1n) is 5.66. The molecule has 2 heterocycles. The van der Waals surface area contributed by atoms with E-state index in [9.17, 15) is 0 Å². The lowest BCUT2D eigenvalue weighted by Crippen LogP contribution is -2.16. The number of rotatable bonds is 4. The molecule has 0 fully saturated rings. The monoisotopic (exact) mass is 292 g/mol. The molecule has 8 heteroatoms. The van der Waals surface area contributed by atoms with Crippen molar-refractivity contribution in [2.75, 3.05) is 18.1 Å². The zero-order chi connectivity index (χ0) is 14.5. The maximum Gasteiger partial charge on any atom is 0.170 e. The Bertz CT molecular complexity index is 623. The van der Waals surface area contributed by atoms with Crippen LogP contribution in [0.5, 0.6) is 5.75 Å². The maximum absolute atomic E-state index is 7.42. The highest BCUT2D eigenvalue weighted by molar-refractivity contribution is 6.35. The molecule has 1 aliphatic rings. The van der Waals surface area contributed by atoms with Crippen LogP contribution in [0.3, 0.4) is 0 Å². The SMILES string of the molecule is CNc1c(N)ncc(O/C(C=N)=C2\C=NC=CN2)c1Cl. The van der Waals surface area contributed by atoms with E-state index in [1.165, 1.54) is 12.4 Å². The number of nitrogens with one attached hydrogen (secondary N) is 3. The van der Waals surface area contributed by atoms with E-state index >= 15 is 0 Å². The Hall–Kier alpha value is -2.54. The number of aliphatic imine (C=N–C) groups is 1. The van der Waals surface area contributed by atoms with Gasteiger partial charge in [0.05, 0.1) is 24.3 Å². The Balaban J connectivity index is 2.36. The summed E-state index contributed by atoms with van der Waals surface area (Å²) in [5, 5.41) is 13.5. The summed E-state index contributed by atoms with van der Waals surface area (Å²) in [7, 11) is 1.68. The third-order valence-electron chi connectivity index (χ3n) is 2.48. The Morgan fingerprint density at radius 3 is 3.00 bits per heavy atom. The predicted octanol–water partition coefficient (Wildman–Crippen LogP) is 1.74. The normalized spacial score (nSPS) is 15.5. The quantitative estimate of drug-likeness (QED) is 0.499.